The average Bonchev–Trinajstić information content (AvgIpc) is 2.34. The Hall–Kier alpha value is -1.30. The minimum atomic E-state index is -0.344. The first kappa shape index (κ1) is 16.8. The normalized spacial score (nSPS) is 10.7. The molecule has 7 heteroatoms. The molecule has 0 saturated carbocycles. The fourth-order valence-corrected chi connectivity index (χ4v) is 2.02. The van der Waals surface area contributed by atoms with E-state index in [4.69, 9.17) is 35.4 Å². The SMILES string of the molecule is CC(C)NC(=S)NNC(=O)/C=C/c1ccc(Cl)cc1Cl. The van der Waals surface area contributed by atoms with Crippen molar-refractivity contribution in [1.29, 1.82) is 0 Å². The second-order valence-electron chi connectivity index (χ2n) is 4.24. The Morgan fingerprint density at radius 2 is 2.00 bits per heavy atom. The topological polar surface area (TPSA) is 53.2 Å². The summed E-state index contributed by atoms with van der Waals surface area (Å²) in [5.74, 6) is -0.344. The maximum atomic E-state index is 11.6. The maximum Gasteiger partial charge on any atom is 0.262 e. The molecule has 1 rings (SSSR count). The molecule has 3 N–H and O–H groups in total. The van der Waals surface area contributed by atoms with Gasteiger partial charge in [-0.15, -0.1) is 0 Å². The van der Waals surface area contributed by atoms with E-state index in [0.717, 1.165) is 0 Å². The van der Waals surface area contributed by atoms with E-state index >= 15 is 0 Å². The van der Waals surface area contributed by atoms with Crippen molar-refractivity contribution >= 4 is 52.5 Å². The van der Waals surface area contributed by atoms with Gasteiger partial charge in [-0.05, 0) is 49.8 Å². The molecule has 0 aliphatic carbocycles. The van der Waals surface area contributed by atoms with Gasteiger partial charge < -0.3 is 5.32 Å². The number of carbonyl (C=O) groups is 1. The molecule has 0 saturated heterocycles. The summed E-state index contributed by atoms with van der Waals surface area (Å²) >= 11 is 16.7. The van der Waals surface area contributed by atoms with Gasteiger partial charge in [0.15, 0.2) is 5.11 Å². The highest BCUT2D eigenvalue weighted by Gasteiger charge is 2.01. The van der Waals surface area contributed by atoms with E-state index in [1.165, 1.54) is 6.08 Å². The fraction of sp³-hybridized carbons (Fsp3) is 0.231. The van der Waals surface area contributed by atoms with E-state index in [0.29, 0.717) is 20.7 Å². The summed E-state index contributed by atoms with van der Waals surface area (Å²) in [4.78, 5) is 11.6. The molecular formula is C13H15Cl2N3OS. The molecule has 0 bridgehead atoms. The highest BCUT2D eigenvalue weighted by atomic mass is 35.5. The summed E-state index contributed by atoms with van der Waals surface area (Å²) < 4.78 is 0. The Morgan fingerprint density at radius 1 is 1.30 bits per heavy atom. The predicted molar refractivity (Wildman–Crippen MR) is 87.6 cm³/mol. The molecule has 0 fully saturated rings. The van der Waals surface area contributed by atoms with Crippen LogP contribution < -0.4 is 16.2 Å². The van der Waals surface area contributed by atoms with Crippen molar-refractivity contribution in [2.45, 2.75) is 19.9 Å². The number of nitrogens with one attached hydrogen (secondary N) is 3. The Balaban J connectivity index is 2.49. The zero-order valence-corrected chi connectivity index (χ0v) is 13.4. The third-order valence-corrected chi connectivity index (χ3v) is 2.88. The lowest BCUT2D eigenvalue weighted by Gasteiger charge is -2.12. The summed E-state index contributed by atoms with van der Waals surface area (Å²) in [6.45, 7) is 3.89. The van der Waals surface area contributed by atoms with Gasteiger partial charge in [-0.1, -0.05) is 29.3 Å². The molecule has 20 heavy (non-hydrogen) atoms. The average molecular weight is 332 g/mol. The van der Waals surface area contributed by atoms with E-state index in [2.05, 4.69) is 16.2 Å². The summed E-state index contributed by atoms with van der Waals surface area (Å²) in [6, 6.07) is 5.23. The first-order chi connectivity index (χ1) is 9.38. The van der Waals surface area contributed by atoms with Crippen LogP contribution in [0, 0.1) is 0 Å². The minimum absolute atomic E-state index is 0.190. The van der Waals surface area contributed by atoms with Gasteiger partial charge in [-0.2, -0.15) is 0 Å². The van der Waals surface area contributed by atoms with E-state index in [1.807, 2.05) is 13.8 Å². The molecule has 0 atom stereocenters. The predicted octanol–water partition coefficient (Wildman–Crippen LogP) is 2.91. The lowest BCUT2D eigenvalue weighted by molar-refractivity contribution is -0.116. The zero-order chi connectivity index (χ0) is 15.1. The smallest absolute Gasteiger partial charge is 0.262 e. The Kier molecular flexibility index (Phi) is 6.78. The van der Waals surface area contributed by atoms with E-state index < -0.39 is 0 Å². The standard InChI is InChI=1S/C13H15Cl2N3OS/c1-8(2)16-13(20)18-17-12(19)6-4-9-3-5-10(14)7-11(9)15/h3-8H,1-2H3,(H,17,19)(H2,16,18,20)/b6-4+. The lowest BCUT2D eigenvalue weighted by atomic mass is 10.2. The molecule has 1 amide bonds. The van der Waals surface area contributed by atoms with Gasteiger partial charge in [0.25, 0.3) is 5.91 Å². The summed E-state index contributed by atoms with van der Waals surface area (Å²) in [6.07, 6.45) is 2.94. The van der Waals surface area contributed by atoms with E-state index in [-0.39, 0.29) is 11.9 Å². The van der Waals surface area contributed by atoms with Crippen LogP contribution in [0.15, 0.2) is 24.3 Å². The summed E-state index contributed by atoms with van der Waals surface area (Å²) in [5, 5.41) is 4.31. The molecular weight excluding hydrogens is 317 g/mol. The van der Waals surface area contributed by atoms with Gasteiger partial charge >= 0.3 is 0 Å². The van der Waals surface area contributed by atoms with Crippen molar-refractivity contribution in [3.63, 3.8) is 0 Å². The number of hydrogen-bond acceptors (Lipinski definition) is 2. The van der Waals surface area contributed by atoms with Crippen LogP contribution in [0.25, 0.3) is 6.08 Å². The van der Waals surface area contributed by atoms with Crippen molar-refractivity contribution < 1.29 is 4.79 Å². The molecule has 0 unspecified atom stereocenters. The van der Waals surface area contributed by atoms with Crippen LogP contribution in [0.3, 0.4) is 0 Å². The van der Waals surface area contributed by atoms with E-state index in [1.54, 1.807) is 24.3 Å². The van der Waals surface area contributed by atoms with Crippen LogP contribution in [0.4, 0.5) is 0 Å². The Labute approximate surface area is 133 Å². The third kappa shape index (κ3) is 6.23. The summed E-state index contributed by atoms with van der Waals surface area (Å²) in [5.41, 5.74) is 5.73. The number of benzene rings is 1. The van der Waals surface area contributed by atoms with Gasteiger partial charge in [0, 0.05) is 22.2 Å². The first-order valence-electron chi connectivity index (χ1n) is 5.88. The molecule has 0 aliphatic rings. The van der Waals surface area contributed by atoms with Crippen LogP contribution in [-0.2, 0) is 4.79 Å². The highest BCUT2D eigenvalue weighted by molar-refractivity contribution is 7.80. The number of carbonyl (C=O) groups excluding carboxylic acids is 1. The molecule has 108 valence electrons. The van der Waals surface area contributed by atoms with Crippen LogP contribution in [0.1, 0.15) is 19.4 Å². The molecule has 0 aliphatic heterocycles. The van der Waals surface area contributed by atoms with Crippen LogP contribution in [0.5, 0.6) is 0 Å². The number of hydrazine groups is 1. The highest BCUT2D eigenvalue weighted by Crippen LogP contribution is 2.21. The number of amides is 1. The molecule has 0 aromatic heterocycles. The lowest BCUT2D eigenvalue weighted by Crippen LogP contribution is -2.48. The molecule has 0 heterocycles. The minimum Gasteiger partial charge on any atom is -0.359 e. The van der Waals surface area contributed by atoms with Gasteiger partial charge in [0.1, 0.15) is 0 Å². The second-order valence-corrected chi connectivity index (χ2v) is 5.49. The first-order valence-corrected chi connectivity index (χ1v) is 7.04. The van der Waals surface area contributed by atoms with Gasteiger partial charge in [0.2, 0.25) is 0 Å². The quantitative estimate of drug-likeness (QED) is 0.453. The zero-order valence-electron chi connectivity index (χ0n) is 11.0. The molecule has 4 nitrogen and oxygen atoms in total. The van der Waals surface area contributed by atoms with Crippen molar-refractivity contribution in [3.8, 4) is 0 Å². The van der Waals surface area contributed by atoms with Crippen molar-refractivity contribution in [2.24, 2.45) is 0 Å². The molecule has 1 aromatic rings. The largest absolute Gasteiger partial charge is 0.359 e. The van der Waals surface area contributed by atoms with Gasteiger partial charge in [-0.3, -0.25) is 15.6 Å². The molecule has 0 spiro atoms. The summed E-state index contributed by atoms with van der Waals surface area (Å²) in [7, 11) is 0. The Bertz CT molecular complexity index is 532. The fourth-order valence-electron chi connectivity index (χ4n) is 1.26. The second kappa shape index (κ2) is 8.09. The number of halogens is 2. The van der Waals surface area contributed by atoms with Crippen LogP contribution in [0.2, 0.25) is 10.0 Å². The number of hydrogen-bond donors (Lipinski definition) is 3. The monoisotopic (exact) mass is 331 g/mol. The van der Waals surface area contributed by atoms with Crippen LogP contribution >= 0.6 is 35.4 Å². The number of rotatable bonds is 3. The maximum absolute atomic E-state index is 11.6. The van der Waals surface area contributed by atoms with E-state index in [9.17, 15) is 4.79 Å². The van der Waals surface area contributed by atoms with Crippen LogP contribution in [-0.4, -0.2) is 17.1 Å². The Morgan fingerprint density at radius 3 is 2.60 bits per heavy atom. The van der Waals surface area contributed by atoms with Crippen molar-refractivity contribution in [1.82, 2.24) is 16.2 Å². The van der Waals surface area contributed by atoms with Gasteiger partial charge in [-0.25, -0.2) is 0 Å². The van der Waals surface area contributed by atoms with Crippen molar-refractivity contribution in [2.75, 3.05) is 0 Å². The molecule has 1 aromatic carbocycles. The molecule has 0 radical (unpaired) electrons. The third-order valence-electron chi connectivity index (χ3n) is 2.10. The van der Waals surface area contributed by atoms with Crippen molar-refractivity contribution in [3.05, 3.63) is 39.9 Å². The number of thiocarbonyl (C=S) groups is 1. The van der Waals surface area contributed by atoms with Gasteiger partial charge in [0.05, 0.1) is 0 Å².